The van der Waals surface area contributed by atoms with Gasteiger partial charge >= 0.3 is 5.97 Å². The molecule has 2 amide bonds. The first-order valence-electron chi connectivity index (χ1n) is 8.32. The minimum Gasteiger partial charge on any atom is -0.495 e. The highest BCUT2D eigenvalue weighted by molar-refractivity contribution is 6.35. The van der Waals surface area contributed by atoms with Gasteiger partial charge < -0.3 is 20.1 Å². The normalized spacial score (nSPS) is 10.2. The first-order chi connectivity index (χ1) is 13.8. The number of hydrogen-bond donors (Lipinski definition) is 2. The van der Waals surface area contributed by atoms with Crippen LogP contribution in [0.5, 0.6) is 5.75 Å². The first kappa shape index (κ1) is 22.8. The Morgan fingerprint density at radius 3 is 2.17 bits per heavy atom. The van der Waals surface area contributed by atoms with Crippen LogP contribution in [0.3, 0.4) is 0 Å². The van der Waals surface area contributed by atoms with Gasteiger partial charge in [0.05, 0.1) is 29.9 Å². The van der Waals surface area contributed by atoms with Gasteiger partial charge in [-0.3, -0.25) is 14.4 Å². The molecule has 0 spiro atoms. The third-order valence-electron chi connectivity index (χ3n) is 3.56. The number of anilines is 2. The fourth-order valence-electron chi connectivity index (χ4n) is 2.20. The quantitative estimate of drug-likeness (QED) is 0.565. The van der Waals surface area contributed by atoms with Gasteiger partial charge in [0, 0.05) is 16.5 Å². The molecule has 2 rings (SSSR count). The molecule has 2 aromatic carbocycles. The molecule has 10 heteroatoms. The maximum atomic E-state index is 12.0. The zero-order valence-corrected chi connectivity index (χ0v) is 17.5. The Hall–Kier alpha value is -2.48. The molecule has 0 bridgehead atoms. The summed E-state index contributed by atoms with van der Waals surface area (Å²) in [5.74, 6) is -1.32. The van der Waals surface area contributed by atoms with Crippen molar-refractivity contribution >= 4 is 64.0 Å². The molecule has 0 aliphatic heterocycles. The van der Waals surface area contributed by atoms with Crippen LogP contribution in [0.4, 0.5) is 11.4 Å². The molecule has 7 nitrogen and oxygen atoms in total. The fourth-order valence-corrected chi connectivity index (χ4v) is 2.71. The molecular weight excluding hydrogens is 443 g/mol. The molecule has 0 heterocycles. The monoisotopic (exact) mass is 458 g/mol. The van der Waals surface area contributed by atoms with Crippen LogP contribution in [0.25, 0.3) is 0 Å². The summed E-state index contributed by atoms with van der Waals surface area (Å²) in [5.41, 5.74) is 0.686. The first-order valence-corrected chi connectivity index (χ1v) is 9.46. The van der Waals surface area contributed by atoms with Crippen molar-refractivity contribution in [2.45, 2.75) is 12.8 Å². The number of carbonyl (C=O) groups is 3. The van der Waals surface area contributed by atoms with E-state index in [0.717, 1.165) is 0 Å². The van der Waals surface area contributed by atoms with Crippen molar-refractivity contribution in [1.82, 2.24) is 0 Å². The van der Waals surface area contributed by atoms with Crippen LogP contribution in [0.2, 0.25) is 15.1 Å². The van der Waals surface area contributed by atoms with Crippen LogP contribution in [-0.2, 0) is 19.1 Å². The molecule has 0 unspecified atom stereocenters. The summed E-state index contributed by atoms with van der Waals surface area (Å²) in [4.78, 5) is 35.7. The summed E-state index contributed by atoms with van der Waals surface area (Å²) >= 11 is 17.7. The van der Waals surface area contributed by atoms with Gasteiger partial charge in [0.25, 0.3) is 5.91 Å². The molecule has 0 saturated carbocycles. The van der Waals surface area contributed by atoms with Gasteiger partial charge in [-0.15, -0.1) is 0 Å². The van der Waals surface area contributed by atoms with Gasteiger partial charge in [-0.25, -0.2) is 0 Å². The van der Waals surface area contributed by atoms with E-state index in [-0.39, 0.29) is 12.8 Å². The molecule has 0 fully saturated rings. The molecule has 0 radical (unpaired) electrons. The molecule has 0 aliphatic rings. The van der Waals surface area contributed by atoms with E-state index in [9.17, 15) is 14.4 Å². The Morgan fingerprint density at radius 1 is 0.862 bits per heavy atom. The number of carbonyl (C=O) groups excluding carboxylic acids is 3. The van der Waals surface area contributed by atoms with Crippen molar-refractivity contribution in [2.24, 2.45) is 0 Å². The van der Waals surface area contributed by atoms with Crippen molar-refractivity contribution in [3.8, 4) is 5.75 Å². The Labute approximate surface area is 182 Å². The summed E-state index contributed by atoms with van der Waals surface area (Å²) in [6.07, 6.45) is -0.358. The van der Waals surface area contributed by atoms with Gasteiger partial charge in [0.1, 0.15) is 5.75 Å². The number of hydrogen-bond acceptors (Lipinski definition) is 5. The average Bonchev–Trinajstić information content (AvgIpc) is 2.68. The molecule has 154 valence electrons. The zero-order valence-electron chi connectivity index (χ0n) is 15.3. The standard InChI is InChI=1S/C19H17Cl3N2O5/c1-28-16-5-3-12(21)9-15(16)24-18(26)10-29-19(27)7-6-17(25)23-14-8-11(20)2-4-13(14)22/h2-5,8-9H,6-7,10H2,1H3,(H,23,25)(H,24,26). The molecule has 2 aromatic rings. The predicted octanol–water partition coefficient (Wildman–Crippen LogP) is 4.56. The molecule has 0 atom stereocenters. The molecule has 29 heavy (non-hydrogen) atoms. The summed E-state index contributed by atoms with van der Waals surface area (Å²) in [7, 11) is 1.44. The number of nitrogens with one attached hydrogen (secondary N) is 2. The minimum atomic E-state index is -0.703. The van der Waals surface area contributed by atoms with E-state index >= 15 is 0 Å². The van der Waals surface area contributed by atoms with Crippen molar-refractivity contribution in [3.63, 3.8) is 0 Å². The Balaban J connectivity index is 1.76. The van der Waals surface area contributed by atoms with E-state index in [1.807, 2.05) is 0 Å². The second kappa shape index (κ2) is 10.9. The number of methoxy groups -OCH3 is 1. The van der Waals surface area contributed by atoms with Crippen LogP contribution >= 0.6 is 34.8 Å². The smallest absolute Gasteiger partial charge is 0.306 e. The number of rotatable bonds is 8. The van der Waals surface area contributed by atoms with Crippen LogP contribution in [0, 0.1) is 0 Å². The summed E-state index contributed by atoms with van der Waals surface area (Å²) < 4.78 is 9.98. The highest BCUT2D eigenvalue weighted by atomic mass is 35.5. The lowest BCUT2D eigenvalue weighted by molar-refractivity contribution is -0.147. The SMILES string of the molecule is COc1ccc(Cl)cc1NC(=O)COC(=O)CCC(=O)Nc1cc(Cl)ccc1Cl. The van der Waals surface area contributed by atoms with Crippen LogP contribution < -0.4 is 15.4 Å². The van der Waals surface area contributed by atoms with E-state index in [4.69, 9.17) is 44.3 Å². The van der Waals surface area contributed by atoms with Crippen molar-refractivity contribution in [1.29, 1.82) is 0 Å². The van der Waals surface area contributed by atoms with Gasteiger partial charge in [-0.1, -0.05) is 34.8 Å². The van der Waals surface area contributed by atoms with Gasteiger partial charge in [-0.05, 0) is 36.4 Å². The van der Waals surface area contributed by atoms with Crippen molar-refractivity contribution < 1.29 is 23.9 Å². The predicted molar refractivity (Wildman–Crippen MR) is 112 cm³/mol. The maximum absolute atomic E-state index is 12.0. The lowest BCUT2D eigenvalue weighted by Crippen LogP contribution is -2.22. The lowest BCUT2D eigenvalue weighted by atomic mass is 10.2. The Kier molecular flexibility index (Phi) is 8.57. The lowest BCUT2D eigenvalue weighted by Gasteiger charge is -2.11. The third-order valence-corrected chi connectivity index (χ3v) is 4.36. The van der Waals surface area contributed by atoms with E-state index in [2.05, 4.69) is 10.6 Å². The summed E-state index contributed by atoms with van der Waals surface area (Å²) in [6, 6.07) is 9.33. The van der Waals surface area contributed by atoms with E-state index in [0.29, 0.717) is 32.2 Å². The number of halogens is 3. The Morgan fingerprint density at radius 2 is 1.48 bits per heavy atom. The number of ether oxygens (including phenoxy) is 2. The van der Waals surface area contributed by atoms with Crippen molar-refractivity contribution in [2.75, 3.05) is 24.4 Å². The summed E-state index contributed by atoms with van der Waals surface area (Å²) in [5, 5.41) is 6.22. The molecule has 0 aromatic heterocycles. The number of amides is 2. The minimum absolute atomic E-state index is 0.147. The van der Waals surface area contributed by atoms with Gasteiger partial charge in [0.15, 0.2) is 6.61 Å². The van der Waals surface area contributed by atoms with E-state index in [1.54, 1.807) is 24.3 Å². The average molecular weight is 460 g/mol. The molecule has 2 N–H and O–H groups in total. The van der Waals surface area contributed by atoms with Crippen LogP contribution in [-0.4, -0.2) is 31.5 Å². The number of benzene rings is 2. The van der Waals surface area contributed by atoms with Gasteiger partial charge in [0.2, 0.25) is 5.91 Å². The zero-order chi connectivity index (χ0) is 21.4. The maximum Gasteiger partial charge on any atom is 0.306 e. The second-order valence-corrected chi connectivity index (χ2v) is 7.01. The topological polar surface area (TPSA) is 93.7 Å². The fraction of sp³-hybridized carbons (Fsp3) is 0.211. The van der Waals surface area contributed by atoms with Crippen molar-refractivity contribution in [3.05, 3.63) is 51.5 Å². The molecular formula is C19H17Cl3N2O5. The van der Waals surface area contributed by atoms with Crippen LogP contribution in [0.1, 0.15) is 12.8 Å². The molecule has 0 saturated heterocycles. The highest BCUT2D eigenvalue weighted by Gasteiger charge is 2.13. The Bertz CT molecular complexity index is 921. The molecule has 0 aliphatic carbocycles. The largest absolute Gasteiger partial charge is 0.495 e. The second-order valence-electron chi connectivity index (χ2n) is 5.73. The van der Waals surface area contributed by atoms with E-state index in [1.165, 1.54) is 19.2 Å². The highest BCUT2D eigenvalue weighted by Crippen LogP contribution is 2.27. The third kappa shape index (κ3) is 7.45. The van der Waals surface area contributed by atoms with Crippen LogP contribution in [0.15, 0.2) is 36.4 Å². The number of esters is 1. The summed E-state index contributed by atoms with van der Waals surface area (Å²) in [6.45, 7) is -0.518. The van der Waals surface area contributed by atoms with Gasteiger partial charge in [-0.2, -0.15) is 0 Å². The van der Waals surface area contributed by atoms with E-state index < -0.39 is 24.4 Å².